The minimum Gasteiger partial charge on any atom is -0.495 e. The number of carbonyl (C=O) groups excluding carboxylic acids is 1. The third kappa shape index (κ3) is 4.13. The molecule has 1 aromatic rings. The highest BCUT2D eigenvalue weighted by Crippen LogP contribution is 2.21. The fraction of sp³-hybridized carbons (Fsp3) is 0.417. The molecule has 0 aromatic heterocycles. The van der Waals surface area contributed by atoms with Gasteiger partial charge < -0.3 is 15.8 Å². The molecule has 1 unspecified atom stereocenters. The van der Waals surface area contributed by atoms with Gasteiger partial charge in [-0.05, 0) is 24.6 Å². The zero-order chi connectivity index (χ0) is 14.6. The van der Waals surface area contributed by atoms with E-state index in [0.717, 1.165) is 11.8 Å². The maximum atomic E-state index is 11.6. The standard InChI is InChI=1S/C12H18N2O4S/c1-8(19(3,16)17)12(15)14-7-9-4-5-11(18-2)10(13)6-9/h4-6,8H,7,13H2,1-3H3,(H,14,15). The molecule has 0 heterocycles. The predicted molar refractivity (Wildman–Crippen MR) is 73.6 cm³/mol. The Hall–Kier alpha value is -1.76. The number of benzene rings is 1. The highest BCUT2D eigenvalue weighted by atomic mass is 32.2. The first-order chi connectivity index (χ1) is 8.75. The number of anilines is 1. The number of nitrogen functional groups attached to an aromatic ring is 1. The molecule has 1 atom stereocenters. The maximum absolute atomic E-state index is 11.6. The molecule has 0 saturated heterocycles. The lowest BCUT2D eigenvalue weighted by atomic mass is 10.2. The van der Waals surface area contributed by atoms with Gasteiger partial charge in [0.2, 0.25) is 5.91 Å². The van der Waals surface area contributed by atoms with Gasteiger partial charge in [-0.25, -0.2) is 8.42 Å². The van der Waals surface area contributed by atoms with E-state index in [4.69, 9.17) is 10.5 Å². The van der Waals surface area contributed by atoms with E-state index in [2.05, 4.69) is 5.32 Å². The number of hydrogen-bond donors (Lipinski definition) is 2. The van der Waals surface area contributed by atoms with Crippen molar-refractivity contribution in [1.82, 2.24) is 5.32 Å². The van der Waals surface area contributed by atoms with Gasteiger partial charge in [-0.2, -0.15) is 0 Å². The number of ether oxygens (including phenoxy) is 1. The smallest absolute Gasteiger partial charge is 0.238 e. The summed E-state index contributed by atoms with van der Waals surface area (Å²) in [5, 5.41) is 1.49. The lowest BCUT2D eigenvalue weighted by Gasteiger charge is -2.11. The molecule has 0 aliphatic heterocycles. The van der Waals surface area contributed by atoms with Gasteiger partial charge >= 0.3 is 0 Å². The number of hydrogen-bond acceptors (Lipinski definition) is 5. The van der Waals surface area contributed by atoms with Gasteiger partial charge in [0.15, 0.2) is 9.84 Å². The van der Waals surface area contributed by atoms with Crippen LogP contribution in [0.2, 0.25) is 0 Å². The number of methoxy groups -OCH3 is 1. The number of nitrogens with two attached hydrogens (primary N) is 1. The van der Waals surface area contributed by atoms with Gasteiger partial charge in [-0.15, -0.1) is 0 Å². The highest BCUT2D eigenvalue weighted by Gasteiger charge is 2.22. The van der Waals surface area contributed by atoms with Crippen molar-refractivity contribution in [2.24, 2.45) is 0 Å². The summed E-state index contributed by atoms with van der Waals surface area (Å²) in [6.45, 7) is 1.57. The number of rotatable bonds is 5. The summed E-state index contributed by atoms with van der Waals surface area (Å²) >= 11 is 0. The second kappa shape index (κ2) is 5.92. The van der Waals surface area contributed by atoms with Crippen LogP contribution >= 0.6 is 0 Å². The second-order valence-corrected chi connectivity index (χ2v) is 6.63. The molecule has 1 rings (SSSR count). The van der Waals surface area contributed by atoms with Crippen molar-refractivity contribution < 1.29 is 17.9 Å². The van der Waals surface area contributed by atoms with E-state index >= 15 is 0 Å². The molecule has 0 fully saturated rings. The van der Waals surface area contributed by atoms with Crippen molar-refractivity contribution in [2.75, 3.05) is 19.1 Å². The topological polar surface area (TPSA) is 98.5 Å². The average molecular weight is 286 g/mol. The van der Waals surface area contributed by atoms with Gasteiger partial charge in [0.05, 0.1) is 12.8 Å². The molecule has 0 aliphatic carbocycles. The Morgan fingerprint density at radius 3 is 2.58 bits per heavy atom. The summed E-state index contributed by atoms with van der Waals surface area (Å²) in [6, 6.07) is 5.11. The van der Waals surface area contributed by atoms with Crippen LogP contribution in [0.1, 0.15) is 12.5 Å². The van der Waals surface area contributed by atoms with Crippen molar-refractivity contribution >= 4 is 21.4 Å². The third-order valence-electron chi connectivity index (χ3n) is 2.77. The lowest BCUT2D eigenvalue weighted by Crippen LogP contribution is -2.37. The van der Waals surface area contributed by atoms with Crippen LogP contribution < -0.4 is 15.8 Å². The van der Waals surface area contributed by atoms with Gasteiger partial charge in [0, 0.05) is 12.8 Å². The zero-order valence-corrected chi connectivity index (χ0v) is 12.0. The van der Waals surface area contributed by atoms with Crippen LogP contribution in [0.25, 0.3) is 0 Å². The molecule has 0 spiro atoms. The van der Waals surface area contributed by atoms with E-state index < -0.39 is 21.0 Å². The Morgan fingerprint density at radius 2 is 2.11 bits per heavy atom. The summed E-state index contributed by atoms with van der Waals surface area (Å²) in [4.78, 5) is 11.6. The average Bonchev–Trinajstić information content (AvgIpc) is 2.34. The molecule has 0 bridgehead atoms. The Bertz CT molecular complexity index is 569. The second-order valence-electron chi connectivity index (χ2n) is 4.27. The Balaban J connectivity index is 2.68. The van der Waals surface area contributed by atoms with Gasteiger partial charge in [-0.1, -0.05) is 6.07 Å². The summed E-state index contributed by atoms with van der Waals surface area (Å²) in [7, 11) is -1.87. The summed E-state index contributed by atoms with van der Waals surface area (Å²) < 4.78 is 27.5. The SMILES string of the molecule is COc1ccc(CNC(=O)C(C)S(C)(=O)=O)cc1N. The van der Waals surface area contributed by atoms with Gasteiger partial charge in [-0.3, -0.25) is 4.79 Å². The number of amides is 1. The van der Waals surface area contributed by atoms with Crippen molar-refractivity contribution in [1.29, 1.82) is 0 Å². The van der Waals surface area contributed by atoms with Crippen molar-refractivity contribution in [2.45, 2.75) is 18.7 Å². The molecule has 0 aliphatic rings. The quantitative estimate of drug-likeness (QED) is 0.760. The van der Waals surface area contributed by atoms with Crippen LogP contribution in [0.15, 0.2) is 18.2 Å². The summed E-state index contributed by atoms with van der Waals surface area (Å²) in [5.74, 6) is 0.0245. The first-order valence-electron chi connectivity index (χ1n) is 5.64. The van der Waals surface area contributed by atoms with Crippen LogP contribution in [-0.4, -0.2) is 32.9 Å². The van der Waals surface area contributed by atoms with E-state index in [0.29, 0.717) is 11.4 Å². The van der Waals surface area contributed by atoms with E-state index in [-0.39, 0.29) is 6.54 Å². The fourth-order valence-corrected chi connectivity index (χ4v) is 1.89. The minimum absolute atomic E-state index is 0.215. The third-order valence-corrected chi connectivity index (χ3v) is 4.27. The van der Waals surface area contributed by atoms with Gasteiger partial charge in [0.25, 0.3) is 0 Å². The van der Waals surface area contributed by atoms with E-state index in [1.165, 1.54) is 14.0 Å². The van der Waals surface area contributed by atoms with Gasteiger partial charge in [0.1, 0.15) is 11.0 Å². The summed E-state index contributed by atoms with van der Waals surface area (Å²) in [5.41, 5.74) is 6.97. The Kier molecular flexibility index (Phi) is 4.77. The van der Waals surface area contributed by atoms with Crippen LogP contribution in [0, 0.1) is 0 Å². The minimum atomic E-state index is -3.38. The molecular formula is C12H18N2O4S. The molecule has 0 radical (unpaired) electrons. The van der Waals surface area contributed by atoms with E-state index in [1.807, 2.05) is 0 Å². The molecule has 19 heavy (non-hydrogen) atoms. The van der Waals surface area contributed by atoms with E-state index in [9.17, 15) is 13.2 Å². The number of carbonyl (C=O) groups is 1. The first kappa shape index (κ1) is 15.3. The first-order valence-corrected chi connectivity index (χ1v) is 7.60. The Labute approximate surface area is 112 Å². The van der Waals surface area contributed by atoms with E-state index in [1.54, 1.807) is 18.2 Å². The Morgan fingerprint density at radius 1 is 1.47 bits per heavy atom. The fourth-order valence-electron chi connectivity index (χ4n) is 1.42. The van der Waals surface area contributed by atoms with Crippen LogP contribution in [0.5, 0.6) is 5.75 Å². The van der Waals surface area contributed by atoms with Crippen molar-refractivity contribution in [3.05, 3.63) is 23.8 Å². The van der Waals surface area contributed by atoms with Crippen LogP contribution in [0.4, 0.5) is 5.69 Å². The lowest BCUT2D eigenvalue weighted by molar-refractivity contribution is -0.120. The largest absolute Gasteiger partial charge is 0.495 e. The molecule has 7 heteroatoms. The monoisotopic (exact) mass is 286 g/mol. The molecule has 1 amide bonds. The highest BCUT2D eigenvalue weighted by molar-refractivity contribution is 7.92. The normalized spacial score (nSPS) is 12.8. The zero-order valence-electron chi connectivity index (χ0n) is 11.1. The number of sulfone groups is 1. The van der Waals surface area contributed by atoms with Crippen molar-refractivity contribution in [3.63, 3.8) is 0 Å². The number of nitrogens with one attached hydrogen (secondary N) is 1. The summed E-state index contributed by atoms with van der Waals surface area (Å²) in [6.07, 6.45) is 1.03. The maximum Gasteiger partial charge on any atom is 0.238 e. The molecule has 106 valence electrons. The molecule has 3 N–H and O–H groups in total. The molecule has 6 nitrogen and oxygen atoms in total. The molecular weight excluding hydrogens is 268 g/mol. The van der Waals surface area contributed by atoms with Crippen LogP contribution in [0.3, 0.4) is 0 Å². The molecule has 1 aromatic carbocycles. The van der Waals surface area contributed by atoms with Crippen molar-refractivity contribution in [3.8, 4) is 5.75 Å². The predicted octanol–water partition coefficient (Wildman–Crippen LogP) is 0.327. The molecule has 0 saturated carbocycles. The van der Waals surface area contributed by atoms with Crippen LogP contribution in [-0.2, 0) is 21.2 Å².